The molecule has 0 aliphatic carbocycles. The van der Waals surface area contributed by atoms with Crippen LogP contribution in [0.3, 0.4) is 0 Å². The van der Waals surface area contributed by atoms with Crippen molar-refractivity contribution in [2.45, 2.75) is 25.5 Å². The third-order valence-electron chi connectivity index (χ3n) is 4.99. The molecule has 32 heavy (non-hydrogen) atoms. The number of rotatable bonds is 8. The van der Waals surface area contributed by atoms with Gasteiger partial charge in [0.1, 0.15) is 11.0 Å². The van der Waals surface area contributed by atoms with Crippen molar-refractivity contribution in [3.63, 3.8) is 0 Å². The number of nitrogens with zero attached hydrogens (tertiary/aromatic N) is 2. The minimum atomic E-state index is -0.566. The van der Waals surface area contributed by atoms with E-state index in [2.05, 4.69) is 5.32 Å². The Bertz CT molecular complexity index is 1020. The highest BCUT2D eigenvalue weighted by atomic mass is 35.5. The number of ether oxygens (including phenoxy) is 2. The Labute approximate surface area is 197 Å². The second kappa shape index (κ2) is 10.8. The first-order valence-corrected chi connectivity index (χ1v) is 11.3. The molecule has 1 heterocycles. The van der Waals surface area contributed by atoms with Crippen LogP contribution in [-0.2, 0) is 14.3 Å². The molecule has 1 aliphatic heterocycles. The SMILES string of the molecule is COCCN1C(=O)C(CC(=O)Nc2ccc(OC)c(Cl)c2)SC1=Nc1c(C)cccc1C. The normalized spacial score (nSPS) is 17.2. The van der Waals surface area contributed by atoms with Gasteiger partial charge in [0.25, 0.3) is 0 Å². The van der Waals surface area contributed by atoms with Crippen molar-refractivity contribution in [3.05, 3.63) is 52.5 Å². The highest BCUT2D eigenvalue weighted by molar-refractivity contribution is 8.15. The molecule has 0 bridgehead atoms. The Morgan fingerprint density at radius 2 is 1.94 bits per heavy atom. The Kier molecular flexibility index (Phi) is 8.17. The van der Waals surface area contributed by atoms with E-state index in [1.165, 1.54) is 18.9 Å². The van der Waals surface area contributed by atoms with Gasteiger partial charge in [0, 0.05) is 19.2 Å². The highest BCUT2D eigenvalue weighted by Gasteiger charge is 2.39. The van der Waals surface area contributed by atoms with Gasteiger partial charge < -0.3 is 14.8 Å². The first-order valence-electron chi connectivity index (χ1n) is 10.1. The van der Waals surface area contributed by atoms with Crippen molar-refractivity contribution < 1.29 is 19.1 Å². The van der Waals surface area contributed by atoms with Gasteiger partial charge in [-0.15, -0.1) is 0 Å². The van der Waals surface area contributed by atoms with Gasteiger partial charge in [0.2, 0.25) is 11.8 Å². The number of hydrogen-bond acceptors (Lipinski definition) is 6. The van der Waals surface area contributed by atoms with E-state index < -0.39 is 5.25 Å². The van der Waals surface area contributed by atoms with Gasteiger partial charge in [-0.1, -0.05) is 41.6 Å². The lowest BCUT2D eigenvalue weighted by atomic mass is 10.1. The molecule has 0 spiro atoms. The number of aliphatic imine (C=N–C) groups is 1. The van der Waals surface area contributed by atoms with E-state index >= 15 is 0 Å². The van der Waals surface area contributed by atoms with Crippen LogP contribution in [0, 0.1) is 13.8 Å². The lowest BCUT2D eigenvalue weighted by molar-refractivity contribution is -0.128. The molecule has 0 radical (unpaired) electrons. The van der Waals surface area contributed by atoms with Crippen LogP contribution < -0.4 is 10.1 Å². The molecule has 2 aromatic carbocycles. The second-order valence-corrected chi connectivity index (χ2v) is 8.90. The standard InChI is InChI=1S/C23H26ClN3O4S/c1-14-6-5-7-15(2)21(14)26-23-27(10-11-30-3)22(29)19(32-23)13-20(28)25-16-8-9-18(31-4)17(24)12-16/h5-9,12,19H,10-11,13H2,1-4H3,(H,25,28). The predicted octanol–water partition coefficient (Wildman–Crippen LogP) is 4.57. The summed E-state index contributed by atoms with van der Waals surface area (Å²) >= 11 is 7.43. The molecule has 7 nitrogen and oxygen atoms in total. The van der Waals surface area contributed by atoms with Crippen LogP contribution in [0.2, 0.25) is 5.02 Å². The van der Waals surface area contributed by atoms with Gasteiger partial charge in [-0.3, -0.25) is 14.5 Å². The number of halogens is 1. The zero-order valence-electron chi connectivity index (χ0n) is 18.5. The fourth-order valence-corrected chi connectivity index (χ4v) is 4.74. The summed E-state index contributed by atoms with van der Waals surface area (Å²) < 4.78 is 10.3. The van der Waals surface area contributed by atoms with Gasteiger partial charge >= 0.3 is 0 Å². The van der Waals surface area contributed by atoms with Crippen LogP contribution in [0.4, 0.5) is 11.4 Å². The molecular formula is C23H26ClN3O4S. The Morgan fingerprint density at radius 1 is 1.22 bits per heavy atom. The van der Waals surface area contributed by atoms with Gasteiger partial charge in [-0.2, -0.15) is 0 Å². The fourth-order valence-electron chi connectivity index (χ4n) is 3.32. The Morgan fingerprint density at radius 3 is 2.56 bits per heavy atom. The van der Waals surface area contributed by atoms with Crippen molar-refractivity contribution in [3.8, 4) is 5.75 Å². The van der Waals surface area contributed by atoms with Crippen LogP contribution in [0.15, 0.2) is 41.4 Å². The average molecular weight is 476 g/mol. The number of amides is 2. The van der Waals surface area contributed by atoms with Crippen LogP contribution >= 0.6 is 23.4 Å². The first kappa shape index (κ1) is 24.1. The number of para-hydroxylation sites is 1. The van der Waals surface area contributed by atoms with E-state index in [0.717, 1.165) is 16.8 Å². The highest BCUT2D eigenvalue weighted by Crippen LogP contribution is 2.34. The number of methoxy groups -OCH3 is 2. The molecule has 1 aliphatic rings. The van der Waals surface area contributed by atoms with Crippen LogP contribution in [0.5, 0.6) is 5.75 Å². The predicted molar refractivity (Wildman–Crippen MR) is 129 cm³/mol. The zero-order valence-corrected chi connectivity index (χ0v) is 20.0. The quantitative estimate of drug-likeness (QED) is 0.604. The van der Waals surface area contributed by atoms with E-state index in [9.17, 15) is 9.59 Å². The average Bonchev–Trinajstić information content (AvgIpc) is 3.03. The molecule has 1 N–H and O–H groups in total. The van der Waals surface area contributed by atoms with E-state index in [-0.39, 0.29) is 18.2 Å². The van der Waals surface area contributed by atoms with Crippen molar-refractivity contribution >= 4 is 51.7 Å². The van der Waals surface area contributed by atoms with E-state index in [4.69, 9.17) is 26.1 Å². The Balaban J connectivity index is 1.77. The summed E-state index contributed by atoms with van der Waals surface area (Å²) in [5, 5.41) is 3.20. The molecule has 170 valence electrons. The molecule has 2 aromatic rings. The van der Waals surface area contributed by atoms with Crippen molar-refractivity contribution in [2.24, 2.45) is 4.99 Å². The summed E-state index contributed by atoms with van der Waals surface area (Å²) in [7, 11) is 3.11. The topological polar surface area (TPSA) is 80.2 Å². The van der Waals surface area contributed by atoms with Crippen molar-refractivity contribution in [2.75, 3.05) is 32.7 Å². The molecule has 9 heteroatoms. The van der Waals surface area contributed by atoms with Crippen LogP contribution in [0.25, 0.3) is 0 Å². The summed E-state index contributed by atoms with van der Waals surface area (Å²) in [6.45, 7) is 4.72. The van der Waals surface area contributed by atoms with Gasteiger partial charge in [0.15, 0.2) is 5.17 Å². The molecule has 1 saturated heterocycles. The van der Waals surface area contributed by atoms with Crippen LogP contribution in [0.1, 0.15) is 17.5 Å². The molecule has 2 amide bonds. The van der Waals surface area contributed by atoms with Gasteiger partial charge in [0.05, 0.1) is 31.0 Å². The summed E-state index contributed by atoms with van der Waals surface area (Å²) in [5.74, 6) is 0.0874. The van der Waals surface area contributed by atoms with Gasteiger partial charge in [-0.25, -0.2) is 4.99 Å². The molecule has 0 aromatic heterocycles. The van der Waals surface area contributed by atoms with E-state index in [0.29, 0.717) is 34.8 Å². The largest absolute Gasteiger partial charge is 0.495 e. The molecule has 1 atom stereocenters. The maximum Gasteiger partial charge on any atom is 0.242 e. The summed E-state index contributed by atoms with van der Waals surface area (Å²) in [6.07, 6.45) is 0.0163. The lowest BCUT2D eigenvalue weighted by Gasteiger charge is -2.16. The minimum absolute atomic E-state index is 0.0163. The number of aryl methyl sites for hydroxylation is 2. The van der Waals surface area contributed by atoms with Crippen molar-refractivity contribution in [1.82, 2.24) is 4.90 Å². The number of hydrogen-bond donors (Lipinski definition) is 1. The monoisotopic (exact) mass is 475 g/mol. The summed E-state index contributed by atoms with van der Waals surface area (Å²) in [4.78, 5) is 32.1. The minimum Gasteiger partial charge on any atom is -0.495 e. The zero-order chi connectivity index (χ0) is 23.3. The first-order chi connectivity index (χ1) is 15.3. The molecule has 1 unspecified atom stereocenters. The van der Waals surface area contributed by atoms with E-state index in [1.807, 2.05) is 32.0 Å². The third kappa shape index (κ3) is 5.62. The van der Waals surface area contributed by atoms with Gasteiger partial charge in [-0.05, 0) is 43.2 Å². The third-order valence-corrected chi connectivity index (χ3v) is 6.46. The molecule has 1 fully saturated rings. The number of benzene rings is 2. The maximum absolute atomic E-state index is 13.1. The number of amidine groups is 1. The fraction of sp³-hybridized carbons (Fsp3) is 0.348. The number of carbonyl (C=O) groups is 2. The number of thioether (sulfide) groups is 1. The Hall–Kier alpha value is -2.55. The second-order valence-electron chi connectivity index (χ2n) is 7.33. The molecule has 3 rings (SSSR count). The number of nitrogens with one attached hydrogen (secondary N) is 1. The lowest BCUT2D eigenvalue weighted by Crippen LogP contribution is -2.35. The summed E-state index contributed by atoms with van der Waals surface area (Å²) in [6, 6.07) is 10.9. The van der Waals surface area contributed by atoms with E-state index in [1.54, 1.807) is 30.2 Å². The van der Waals surface area contributed by atoms with Crippen LogP contribution in [-0.4, -0.2) is 54.5 Å². The maximum atomic E-state index is 13.1. The summed E-state index contributed by atoms with van der Waals surface area (Å²) in [5.41, 5.74) is 3.42. The smallest absolute Gasteiger partial charge is 0.242 e. The number of anilines is 1. The molecular weight excluding hydrogens is 450 g/mol. The number of carbonyl (C=O) groups excluding carboxylic acids is 2. The van der Waals surface area contributed by atoms with Crippen molar-refractivity contribution in [1.29, 1.82) is 0 Å². The molecule has 0 saturated carbocycles.